The van der Waals surface area contributed by atoms with Crippen LogP contribution in [0.3, 0.4) is 0 Å². The zero-order chi connectivity index (χ0) is 19.0. The SMILES string of the molecule is Clc1c(-c2ccc(COC3CCOCC3)cc2)cnc2c1C1(CCCC1)CN2. The molecule has 5 rings (SSSR count). The molecule has 1 saturated heterocycles. The summed E-state index contributed by atoms with van der Waals surface area (Å²) in [6.07, 6.45) is 9.19. The summed E-state index contributed by atoms with van der Waals surface area (Å²) in [6.45, 7) is 3.24. The molecule has 0 radical (unpaired) electrons. The van der Waals surface area contributed by atoms with Gasteiger partial charge in [-0.3, -0.25) is 0 Å². The monoisotopic (exact) mass is 398 g/mol. The quantitative estimate of drug-likeness (QED) is 0.755. The number of benzene rings is 1. The van der Waals surface area contributed by atoms with Crippen molar-refractivity contribution in [2.24, 2.45) is 0 Å². The summed E-state index contributed by atoms with van der Waals surface area (Å²) in [4.78, 5) is 4.70. The Hall–Kier alpha value is -1.62. The topological polar surface area (TPSA) is 43.4 Å². The molecule has 5 heteroatoms. The van der Waals surface area contributed by atoms with E-state index in [2.05, 4.69) is 29.6 Å². The van der Waals surface area contributed by atoms with Gasteiger partial charge in [-0.05, 0) is 36.8 Å². The first kappa shape index (κ1) is 18.4. The number of fused-ring (bicyclic) bond motifs is 2. The van der Waals surface area contributed by atoms with Crippen molar-refractivity contribution in [3.8, 4) is 11.1 Å². The van der Waals surface area contributed by atoms with Gasteiger partial charge >= 0.3 is 0 Å². The van der Waals surface area contributed by atoms with E-state index in [0.29, 0.717) is 12.7 Å². The molecule has 3 heterocycles. The van der Waals surface area contributed by atoms with Crippen LogP contribution in [0, 0.1) is 0 Å². The minimum atomic E-state index is 0.187. The molecule has 0 bridgehead atoms. The largest absolute Gasteiger partial charge is 0.381 e. The van der Waals surface area contributed by atoms with Crippen molar-refractivity contribution < 1.29 is 9.47 Å². The lowest BCUT2D eigenvalue weighted by atomic mass is 9.80. The van der Waals surface area contributed by atoms with E-state index in [0.717, 1.165) is 54.6 Å². The van der Waals surface area contributed by atoms with Crippen LogP contribution in [0.4, 0.5) is 5.82 Å². The molecular formula is C23H27ClN2O2. The predicted octanol–water partition coefficient (Wildman–Crippen LogP) is 5.33. The molecule has 1 aromatic heterocycles. The lowest BCUT2D eigenvalue weighted by molar-refractivity contribution is -0.0390. The number of aromatic nitrogens is 1. The lowest BCUT2D eigenvalue weighted by Gasteiger charge is -2.24. The molecule has 2 aliphatic heterocycles. The van der Waals surface area contributed by atoms with Gasteiger partial charge in [-0.1, -0.05) is 48.7 Å². The van der Waals surface area contributed by atoms with E-state index < -0.39 is 0 Å². The summed E-state index contributed by atoms with van der Waals surface area (Å²) >= 11 is 6.94. The van der Waals surface area contributed by atoms with Crippen LogP contribution in [0.15, 0.2) is 30.5 Å². The highest BCUT2D eigenvalue weighted by molar-refractivity contribution is 6.34. The van der Waals surface area contributed by atoms with Gasteiger partial charge in [-0.25, -0.2) is 4.98 Å². The fraction of sp³-hybridized carbons (Fsp3) is 0.522. The van der Waals surface area contributed by atoms with E-state index in [9.17, 15) is 0 Å². The Labute approximate surface area is 171 Å². The van der Waals surface area contributed by atoms with Crippen LogP contribution in [0.2, 0.25) is 5.02 Å². The number of rotatable bonds is 4. The van der Waals surface area contributed by atoms with Gasteiger partial charge in [-0.2, -0.15) is 0 Å². The molecule has 0 atom stereocenters. The molecule has 28 heavy (non-hydrogen) atoms. The third-order valence-corrected chi connectivity index (χ3v) is 7.01. The molecule has 0 amide bonds. The molecule has 2 aromatic rings. The van der Waals surface area contributed by atoms with Gasteiger partial charge in [0.15, 0.2) is 0 Å². The Bertz CT molecular complexity index is 840. The molecule has 1 N–H and O–H groups in total. The summed E-state index contributed by atoms with van der Waals surface area (Å²) in [5, 5.41) is 4.37. The summed E-state index contributed by atoms with van der Waals surface area (Å²) in [6, 6.07) is 8.56. The Morgan fingerprint density at radius 1 is 1.14 bits per heavy atom. The van der Waals surface area contributed by atoms with E-state index in [1.165, 1.54) is 36.8 Å². The second-order valence-electron chi connectivity index (χ2n) is 8.37. The van der Waals surface area contributed by atoms with Crippen LogP contribution < -0.4 is 5.32 Å². The number of hydrogen-bond donors (Lipinski definition) is 1. The van der Waals surface area contributed by atoms with Crippen molar-refractivity contribution >= 4 is 17.4 Å². The van der Waals surface area contributed by atoms with Crippen LogP contribution in [-0.2, 0) is 21.5 Å². The summed E-state index contributed by atoms with van der Waals surface area (Å²) in [7, 11) is 0. The van der Waals surface area contributed by atoms with Crippen molar-refractivity contribution in [3.05, 3.63) is 46.6 Å². The third kappa shape index (κ3) is 3.32. The number of pyridine rings is 1. The van der Waals surface area contributed by atoms with Crippen LogP contribution in [0.1, 0.15) is 49.7 Å². The number of hydrogen-bond acceptors (Lipinski definition) is 4. The molecule has 0 unspecified atom stereocenters. The smallest absolute Gasteiger partial charge is 0.131 e. The minimum Gasteiger partial charge on any atom is -0.381 e. The summed E-state index contributed by atoms with van der Waals surface area (Å²) in [5.41, 5.74) is 4.78. The second kappa shape index (κ2) is 7.66. The van der Waals surface area contributed by atoms with Crippen LogP contribution in [0.5, 0.6) is 0 Å². The van der Waals surface area contributed by atoms with Gasteiger partial charge in [0.2, 0.25) is 0 Å². The molecule has 1 aliphatic carbocycles. The first-order chi connectivity index (χ1) is 13.8. The molecule has 3 aliphatic rings. The number of nitrogens with zero attached hydrogens (tertiary/aromatic N) is 1. The standard InChI is InChI=1S/C23H27ClN2O2/c24-21-19(13-25-22-20(21)23(15-26-22)9-1-2-10-23)17-5-3-16(4-6-17)14-28-18-7-11-27-12-8-18/h3-6,13,18H,1-2,7-12,14-15H2,(H,25,26). The molecule has 1 saturated carbocycles. The minimum absolute atomic E-state index is 0.187. The van der Waals surface area contributed by atoms with Crippen LogP contribution >= 0.6 is 11.6 Å². The van der Waals surface area contributed by atoms with Crippen LogP contribution in [-0.4, -0.2) is 30.8 Å². The van der Waals surface area contributed by atoms with E-state index in [1.54, 1.807) is 0 Å². The molecule has 2 fully saturated rings. The Morgan fingerprint density at radius 2 is 1.89 bits per heavy atom. The van der Waals surface area contributed by atoms with Gasteiger partial charge in [0.05, 0.1) is 17.7 Å². The predicted molar refractivity (Wildman–Crippen MR) is 112 cm³/mol. The molecule has 1 aromatic carbocycles. The normalized spacial score (nSPS) is 21.0. The average molecular weight is 399 g/mol. The Balaban J connectivity index is 1.35. The van der Waals surface area contributed by atoms with Gasteiger partial charge < -0.3 is 14.8 Å². The average Bonchev–Trinajstić information content (AvgIpc) is 3.36. The van der Waals surface area contributed by atoms with Crippen molar-refractivity contribution in [3.63, 3.8) is 0 Å². The van der Waals surface area contributed by atoms with Crippen molar-refractivity contribution in [2.75, 3.05) is 25.1 Å². The summed E-state index contributed by atoms with van der Waals surface area (Å²) < 4.78 is 11.4. The van der Waals surface area contributed by atoms with Crippen molar-refractivity contribution in [2.45, 2.75) is 56.7 Å². The number of anilines is 1. The van der Waals surface area contributed by atoms with Gasteiger partial charge in [-0.15, -0.1) is 0 Å². The first-order valence-electron chi connectivity index (χ1n) is 10.5. The zero-order valence-corrected chi connectivity index (χ0v) is 16.9. The lowest BCUT2D eigenvalue weighted by Crippen LogP contribution is -2.24. The maximum atomic E-state index is 6.94. The molecule has 4 nitrogen and oxygen atoms in total. The maximum Gasteiger partial charge on any atom is 0.131 e. The third-order valence-electron chi connectivity index (χ3n) is 6.62. The highest BCUT2D eigenvalue weighted by Crippen LogP contribution is 2.51. The van der Waals surface area contributed by atoms with Crippen molar-refractivity contribution in [1.82, 2.24) is 4.98 Å². The van der Waals surface area contributed by atoms with E-state index in [1.807, 2.05) is 6.20 Å². The van der Waals surface area contributed by atoms with Gasteiger partial charge in [0.25, 0.3) is 0 Å². The fourth-order valence-corrected chi connectivity index (χ4v) is 5.41. The fourth-order valence-electron chi connectivity index (χ4n) is 4.97. The second-order valence-corrected chi connectivity index (χ2v) is 8.75. The Morgan fingerprint density at radius 3 is 2.64 bits per heavy atom. The van der Waals surface area contributed by atoms with E-state index in [4.69, 9.17) is 26.1 Å². The maximum absolute atomic E-state index is 6.94. The molecular weight excluding hydrogens is 372 g/mol. The number of ether oxygens (including phenoxy) is 2. The highest BCUT2D eigenvalue weighted by atomic mass is 35.5. The Kier molecular flexibility index (Phi) is 5.04. The number of halogens is 1. The summed E-state index contributed by atoms with van der Waals surface area (Å²) in [5.74, 6) is 0.983. The van der Waals surface area contributed by atoms with Gasteiger partial charge in [0.1, 0.15) is 5.82 Å². The molecule has 148 valence electrons. The van der Waals surface area contributed by atoms with E-state index >= 15 is 0 Å². The highest BCUT2D eigenvalue weighted by Gasteiger charge is 2.44. The number of nitrogens with one attached hydrogen (secondary N) is 1. The zero-order valence-electron chi connectivity index (χ0n) is 16.2. The van der Waals surface area contributed by atoms with Crippen molar-refractivity contribution in [1.29, 1.82) is 0 Å². The van der Waals surface area contributed by atoms with E-state index in [-0.39, 0.29) is 5.41 Å². The first-order valence-corrected chi connectivity index (χ1v) is 10.8. The molecule has 1 spiro atoms. The van der Waals surface area contributed by atoms with Crippen LogP contribution in [0.25, 0.3) is 11.1 Å². The van der Waals surface area contributed by atoms with Gasteiger partial charge in [0, 0.05) is 42.5 Å².